The standard InChI is InChI=1S/C14H17ClO3/c1-9(16)10-7-12(15)14(17-2)13(8-10)18-11-5-3-4-6-11/h7-8,11H,3-6H2,1-2H3. The molecule has 1 aliphatic carbocycles. The third-order valence-electron chi connectivity index (χ3n) is 3.22. The molecule has 0 unspecified atom stereocenters. The van der Waals surface area contributed by atoms with E-state index in [4.69, 9.17) is 21.1 Å². The van der Waals surface area contributed by atoms with E-state index in [0.29, 0.717) is 22.1 Å². The molecule has 0 heterocycles. The van der Waals surface area contributed by atoms with E-state index in [1.165, 1.54) is 19.8 Å². The Balaban J connectivity index is 2.32. The van der Waals surface area contributed by atoms with Gasteiger partial charge in [-0.05, 0) is 44.7 Å². The fourth-order valence-electron chi connectivity index (χ4n) is 2.24. The van der Waals surface area contributed by atoms with Gasteiger partial charge in [0.25, 0.3) is 0 Å². The van der Waals surface area contributed by atoms with Gasteiger partial charge in [-0.2, -0.15) is 0 Å². The van der Waals surface area contributed by atoms with Crippen molar-refractivity contribution in [1.82, 2.24) is 0 Å². The van der Waals surface area contributed by atoms with Crippen LogP contribution in [0.25, 0.3) is 0 Å². The van der Waals surface area contributed by atoms with Crippen LogP contribution in [0.15, 0.2) is 12.1 Å². The molecule has 0 N–H and O–H groups in total. The maximum atomic E-state index is 11.4. The largest absolute Gasteiger partial charge is 0.491 e. The van der Waals surface area contributed by atoms with Crippen molar-refractivity contribution in [3.63, 3.8) is 0 Å². The number of Topliss-reactive ketones (excluding diaryl/α,β-unsaturated/α-hetero) is 1. The second-order valence-corrected chi connectivity index (χ2v) is 4.98. The Morgan fingerprint density at radius 3 is 2.56 bits per heavy atom. The number of benzene rings is 1. The third kappa shape index (κ3) is 2.78. The molecule has 1 aromatic carbocycles. The normalized spacial score (nSPS) is 15.7. The number of ether oxygens (including phenoxy) is 2. The van der Waals surface area contributed by atoms with Gasteiger partial charge in [-0.15, -0.1) is 0 Å². The first-order chi connectivity index (χ1) is 8.61. The van der Waals surface area contributed by atoms with Gasteiger partial charge in [0.15, 0.2) is 17.3 Å². The Kier molecular flexibility index (Phi) is 4.12. The molecule has 0 bridgehead atoms. The highest BCUT2D eigenvalue weighted by Gasteiger charge is 2.20. The molecule has 18 heavy (non-hydrogen) atoms. The van der Waals surface area contributed by atoms with Crippen LogP contribution < -0.4 is 9.47 Å². The van der Waals surface area contributed by atoms with Crippen LogP contribution in [-0.4, -0.2) is 19.0 Å². The van der Waals surface area contributed by atoms with Crippen LogP contribution >= 0.6 is 11.6 Å². The lowest BCUT2D eigenvalue weighted by Gasteiger charge is -2.17. The lowest BCUT2D eigenvalue weighted by atomic mass is 10.1. The van der Waals surface area contributed by atoms with Crippen LogP contribution in [-0.2, 0) is 0 Å². The topological polar surface area (TPSA) is 35.5 Å². The highest BCUT2D eigenvalue weighted by atomic mass is 35.5. The van der Waals surface area contributed by atoms with E-state index < -0.39 is 0 Å². The summed E-state index contributed by atoms with van der Waals surface area (Å²) in [7, 11) is 1.55. The molecule has 1 saturated carbocycles. The van der Waals surface area contributed by atoms with E-state index in [2.05, 4.69) is 0 Å². The predicted molar refractivity (Wildman–Crippen MR) is 70.9 cm³/mol. The number of hydrogen-bond donors (Lipinski definition) is 0. The SMILES string of the molecule is COc1c(Cl)cc(C(C)=O)cc1OC1CCCC1. The fourth-order valence-corrected chi connectivity index (χ4v) is 2.53. The van der Waals surface area contributed by atoms with Crippen molar-refractivity contribution in [2.24, 2.45) is 0 Å². The molecule has 0 atom stereocenters. The molecule has 1 aromatic rings. The van der Waals surface area contributed by atoms with Crippen molar-refractivity contribution < 1.29 is 14.3 Å². The zero-order valence-electron chi connectivity index (χ0n) is 10.7. The Hall–Kier alpha value is -1.22. The summed E-state index contributed by atoms with van der Waals surface area (Å²) in [5, 5.41) is 0.415. The van der Waals surface area contributed by atoms with Gasteiger partial charge >= 0.3 is 0 Å². The molecule has 0 aromatic heterocycles. The molecule has 1 fully saturated rings. The van der Waals surface area contributed by atoms with E-state index in [1.54, 1.807) is 19.2 Å². The van der Waals surface area contributed by atoms with Gasteiger partial charge in [-0.25, -0.2) is 0 Å². The quantitative estimate of drug-likeness (QED) is 0.778. The van der Waals surface area contributed by atoms with Crippen molar-refractivity contribution in [1.29, 1.82) is 0 Å². The summed E-state index contributed by atoms with van der Waals surface area (Å²) in [6.45, 7) is 1.51. The van der Waals surface area contributed by atoms with Crippen LogP contribution in [0.3, 0.4) is 0 Å². The molecule has 0 saturated heterocycles. The minimum atomic E-state index is -0.0316. The van der Waals surface area contributed by atoms with Crippen molar-refractivity contribution in [3.8, 4) is 11.5 Å². The molecular weight excluding hydrogens is 252 g/mol. The summed E-state index contributed by atoms with van der Waals surface area (Å²) >= 11 is 6.11. The first-order valence-corrected chi connectivity index (χ1v) is 6.54. The number of halogens is 1. The molecule has 0 radical (unpaired) electrons. The monoisotopic (exact) mass is 268 g/mol. The Bertz CT molecular complexity index is 451. The van der Waals surface area contributed by atoms with E-state index >= 15 is 0 Å². The summed E-state index contributed by atoms with van der Waals surface area (Å²) in [4.78, 5) is 11.4. The second-order valence-electron chi connectivity index (χ2n) is 4.57. The number of rotatable bonds is 4. The minimum Gasteiger partial charge on any atom is -0.491 e. The molecule has 4 heteroatoms. The van der Waals surface area contributed by atoms with E-state index in [0.717, 1.165) is 12.8 Å². The number of ketones is 1. The van der Waals surface area contributed by atoms with Gasteiger partial charge in [0, 0.05) is 5.56 Å². The summed E-state index contributed by atoms with van der Waals surface area (Å²) < 4.78 is 11.2. The number of carbonyl (C=O) groups is 1. The average Bonchev–Trinajstić information content (AvgIpc) is 2.81. The summed E-state index contributed by atoms with van der Waals surface area (Å²) in [6.07, 6.45) is 4.67. The van der Waals surface area contributed by atoms with Crippen LogP contribution in [0.1, 0.15) is 43.0 Å². The van der Waals surface area contributed by atoms with Gasteiger partial charge in [-0.1, -0.05) is 11.6 Å². The molecule has 1 aliphatic rings. The minimum absolute atomic E-state index is 0.0316. The number of carbonyl (C=O) groups excluding carboxylic acids is 1. The molecule has 98 valence electrons. The van der Waals surface area contributed by atoms with Gasteiger partial charge in [0.1, 0.15) is 0 Å². The number of methoxy groups -OCH3 is 1. The first kappa shape index (κ1) is 13.2. The van der Waals surface area contributed by atoms with Crippen molar-refractivity contribution in [2.75, 3.05) is 7.11 Å². The van der Waals surface area contributed by atoms with E-state index in [-0.39, 0.29) is 11.9 Å². The maximum Gasteiger partial charge on any atom is 0.179 e. The molecule has 0 amide bonds. The van der Waals surface area contributed by atoms with Crippen molar-refractivity contribution >= 4 is 17.4 Å². The van der Waals surface area contributed by atoms with Gasteiger partial charge in [0.2, 0.25) is 0 Å². The lowest BCUT2D eigenvalue weighted by molar-refractivity contribution is 0.101. The smallest absolute Gasteiger partial charge is 0.179 e. The van der Waals surface area contributed by atoms with Gasteiger partial charge in [-0.3, -0.25) is 4.79 Å². The van der Waals surface area contributed by atoms with Crippen molar-refractivity contribution in [2.45, 2.75) is 38.7 Å². The highest BCUT2D eigenvalue weighted by Crippen LogP contribution is 2.38. The molecule has 2 rings (SSSR count). The lowest BCUT2D eigenvalue weighted by Crippen LogP contribution is -2.12. The average molecular weight is 269 g/mol. The zero-order chi connectivity index (χ0) is 13.1. The van der Waals surface area contributed by atoms with E-state index in [9.17, 15) is 4.79 Å². The van der Waals surface area contributed by atoms with Gasteiger partial charge < -0.3 is 9.47 Å². The first-order valence-electron chi connectivity index (χ1n) is 6.17. The van der Waals surface area contributed by atoms with Crippen LogP contribution in [0.4, 0.5) is 0 Å². The molecule has 3 nitrogen and oxygen atoms in total. The third-order valence-corrected chi connectivity index (χ3v) is 3.50. The summed E-state index contributed by atoms with van der Waals surface area (Å²) in [6, 6.07) is 3.33. The Morgan fingerprint density at radius 2 is 2.00 bits per heavy atom. The predicted octanol–water partition coefficient (Wildman–Crippen LogP) is 3.87. The van der Waals surface area contributed by atoms with Crippen LogP contribution in [0.5, 0.6) is 11.5 Å². The van der Waals surface area contributed by atoms with Crippen LogP contribution in [0.2, 0.25) is 5.02 Å². The van der Waals surface area contributed by atoms with Crippen molar-refractivity contribution in [3.05, 3.63) is 22.7 Å². The fraction of sp³-hybridized carbons (Fsp3) is 0.500. The molecular formula is C14H17ClO3. The van der Waals surface area contributed by atoms with E-state index in [1.807, 2.05) is 0 Å². The summed E-state index contributed by atoms with van der Waals surface area (Å²) in [5.41, 5.74) is 0.550. The molecule has 0 aliphatic heterocycles. The number of hydrogen-bond acceptors (Lipinski definition) is 3. The summed E-state index contributed by atoms with van der Waals surface area (Å²) in [5.74, 6) is 1.05. The highest BCUT2D eigenvalue weighted by molar-refractivity contribution is 6.32. The zero-order valence-corrected chi connectivity index (χ0v) is 11.4. The Morgan fingerprint density at radius 1 is 1.33 bits per heavy atom. The Labute approximate surface area is 112 Å². The maximum absolute atomic E-state index is 11.4. The van der Waals surface area contributed by atoms with Gasteiger partial charge in [0.05, 0.1) is 18.2 Å². The van der Waals surface area contributed by atoms with Crippen LogP contribution in [0, 0.1) is 0 Å². The second kappa shape index (κ2) is 5.61. The molecule has 0 spiro atoms.